The maximum Gasteiger partial charge on any atom is 0.218 e. The van der Waals surface area contributed by atoms with Crippen LogP contribution in [0.5, 0.6) is 5.88 Å². The Balaban J connectivity index is 1.45. The number of piperidine rings is 1. The van der Waals surface area contributed by atoms with Crippen LogP contribution in [0.25, 0.3) is 0 Å². The summed E-state index contributed by atoms with van der Waals surface area (Å²) in [5, 5.41) is 13.2. The highest BCUT2D eigenvalue weighted by atomic mass is 16.5. The van der Waals surface area contributed by atoms with E-state index in [1.54, 1.807) is 19.6 Å². The molecule has 0 aliphatic carbocycles. The molecule has 3 aromatic rings. The van der Waals surface area contributed by atoms with E-state index in [0.717, 1.165) is 49.9 Å². The fraction of sp³-hybridized carbons (Fsp3) is 0.500. The van der Waals surface area contributed by atoms with E-state index >= 15 is 0 Å². The van der Waals surface area contributed by atoms with Crippen molar-refractivity contribution in [2.75, 3.05) is 25.1 Å². The van der Waals surface area contributed by atoms with Gasteiger partial charge in [0, 0.05) is 44.0 Å². The third-order valence-corrected chi connectivity index (χ3v) is 5.06. The lowest BCUT2D eigenvalue weighted by Crippen LogP contribution is -2.34. The van der Waals surface area contributed by atoms with E-state index in [0.29, 0.717) is 18.3 Å². The first-order valence-corrected chi connectivity index (χ1v) is 9.29. The number of hydrogen-bond acceptors (Lipinski definition) is 7. The van der Waals surface area contributed by atoms with Gasteiger partial charge < -0.3 is 14.2 Å². The molecule has 4 rings (SSSR count). The third-order valence-electron chi connectivity index (χ3n) is 5.06. The fourth-order valence-electron chi connectivity index (χ4n) is 3.63. The molecule has 0 N–H and O–H groups in total. The second-order valence-electron chi connectivity index (χ2n) is 6.60. The van der Waals surface area contributed by atoms with Crippen molar-refractivity contribution >= 4 is 5.82 Å². The molecule has 1 saturated heterocycles. The summed E-state index contributed by atoms with van der Waals surface area (Å²) in [6, 6.07) is 3.81. The first-order valence-electron chi connectivity index (χ1n) is 9.29. The highest BCUT2D eigenvalue weighted by molar-refractivity contribution is 5.41. The number of methoxy groups -OCH3 is 1. The van der Waals surface area contributed by atoms with Crippen molar-refractivity contribution in [2.24, 2.45) is 0 Å². The van der Waals surface area contributed by atoms with Crippen LogP contribution in [-0.2, 0) is 13.1 Å². The van der Waals surface area contributed by atoms with E-state index in [1.165, 1.54) is 0 Å². The van der Waals surface area contributed by atoms with Crippen molar-refractivity contribution in [3.8, 4) is 5.88 Å². The van der Waals surface area contributed by atoms with Gasteiger partial charge in [0.05, 0.1) is 7.11 Å². The zero-order valence-corrected chi connectivity index (χ0v) is 15.7. The number of ether oxygens (including phenoxy) is 1. The van der Waals surface area contributed by atoms with E-state index in [4.69, 9.17) is 4.74 Å². The molecule has 4 heterocycles. The highest BCUT2D eigenvalue weighted by Gasteiger charge is 2.26. The van der Waals surface area contributed by atoms with E-state index < -0.39 is 0 Å². The Morgan fingerprint density at radius 1 is 1.19 bits per heavy atom. The molecule has 0 radical (unpaired) electrons. The Hall–Kier alpha value is -2.97. The van der Waals surface area contributed by atoms with Gasteiger partial charge >= 0.3 is 0 Å². The second-order valence-corrected chi connectivity index (χ2v) is 6.60. The van der Waals surface area contributed by atoms with E-state index in [1.807, 2.05) is 23.0 Å². The van der Waals surface area contributed by atoms with Crippen molar-refractivity contribution in [1.29, 1.82) is 0 Å². The maximum absolute atomic E-state index is 5.21. The summed E-state index contributed by atoms with van der Waals surface area (Å²) in [7, 11) is 1.62. The number of hydrogen-bond donors (Lipinski definition) is 0. The van der Waals surface area contributed by atoms with Crippen molar-refractivity contribution in [3.63, 3.8) is 0 Å². The topological polar surface area (TPSA) is 86.8 Å². The monoisotopic (exact) mass is 368 g/mol. The van der Waals surface area contributed by atoms with Crippen LogP contribution in [0.15, 0.2) is 30.9 Å². The quantitative estimate of drug-likeness (QED) is 0.655. The van der Waals surface area contributed by atoms with E-state index in [2.05, 4.69) is 41.7 Å². The van der Waals surface area contributed by atoms with Gasteiger partial charge in [-0.2, -0.15) is 5.10 Å². The minimum absolute atomic E-state index is 0.406. The molecule has 27 heavy (non-hydrogen) atoms. The summed E-state index contributed by atoms with van der Waals surface area (Å²) in [5.74, 6) is 3.95. The molecule has 0 spiro atoms. The molecule has 0 atom stereocenters. The molecule has 0 bridgehead atoms. The normalized spacial score (nSPS) is 15.3. The van der Waals surface area contributed by atoms with Gasteiger partial charge in [-0.15, -0.1) is 10.2 Å². The largest absolute Gasteiger partial charge is 0.481 e. The van der Waals surface area contributed by atoms with Gasteiger partial charge in [-0.25, -0.2) is 9.97 Å². The van der Waals surface area contributed by atoms with Crippen LogP contribution in [0.2, 0.25) is 0 Å². The summed E-state index contributed by atoms with van der Waals surface area (Å²) >= 11 is 0. The van der Waals surface area contributed by atoms with Crippen LogP contribution >= 0.6 is 0 Å². The van der Waals surface area contributed by atoms with E-state index in [-0.39, 0.29) is 0 Å². The van der Waals surface area contributed by atoms with Crippen molar-refractivity contribution in [2.45, 2.75) is 38.8 Å². The van der Waals surface area contributed by atoms with Gasteiger partial charge in [-0.05, 0) is 25.8 Å². The maximum atomic E-state index is 5.21. The lowest BCUT2D eigenvalue weighted by Gasteiger charge is -2.32. The van der Waals surface area contributed by atoms with Crippen LogP contribution in [0.3, 0.4) is 0 Å². The Kier molecular flexibility index (Phi) is 4.99. The first kappa shape index (κ1) is 17.4. The van der Waals surface area contributed by atoms with Gasteiger partial charge in [0.2, 0.25) is 5.88 Å². The van der Waals surface area contributed by atoms with Crippen LogP contribution in [-0.4, -0.2) is 54.7 Å². The van der Waals surface area contributed by atoms with Gasteiger partial charge in [0.1, 0.15) is 24.5 Å². The average molecular weight is 368 g/mol. The molecule has 0 saturated carbocycles. The standard InChI is InChI=1S/C18H24N8O/c1-3-26-16(12-25-8-4-7-21-25)22-23-18(26)14-5-9-24(10-6-14)15-11-17(27-2)20-13-19-15/h4,7-8,11,13-14H,3,5-6,9-10,12H2,1-2H3. The molecule has 9 nitrogen and oxygen atoms in total. The molecular formula is C18H24N8O. The lowest BCUT2D eigenvalue weighted by molar-refractivity contribution is 0.396. The summed E-state index contributed by atoms with van der Waals surface area (Å²) in [6.07, 6.45) is 7.32. The Morgan fingerprint density at radius 2 is 2.04 bits per heavy atom. The van der Waals surface area contributed by atoms with Crippen molar-refractivity contribution in [3.05, 3.63) is 42.5 Å². The lowest BCUT2D eigenvalue weighted by atomic mass is 9.96. The van der Waals surface area contributed by atoms with Gasteiger partial charge in [-0.1, -0.05) is 0 Å². The van der Waals surface area contributed by atoms with Crippen molar-refractivity contribution < 1.29 is 4.74 Å². The number of nitrogens with zero attached hydrogens (tertiary/aromatic N) is 8. The molecule has 0 unspecified atom stereocenters. The van der Waals surface area contributed by atoms with Crippen LogP contribution in [0.1, 0.15) is 37.3 Å². The Morgan fingerprint density at radius 3 is 2.74 bits per heavy atom. The van der Waals surface area contributed by atoms with Gasteiger partial charge in [0.25, 0.3) is 0 Å². The van der Waals surface area contributed by atoms with Crippen molar-refractivity contribution in [1.82, 2.24) is 34.5 Å². The molecule has 1 aliphatic heterocycles. The smallest absolute Gasteiger partial charge is 0.218 e. The minimum atomic E-state index is 0.406. The Labute approximate surface area is 158 Å². The SMILES string of the molecule is CCn1c(Cn2cccn2)nnc1C1CCN(c2cc(OC)ncn2)CC1. The van der Waals surface area contributed by atoms with Gasteiger partial charge in [0.15, 0.2) is 5.82 Å². The summed E-state index contributed by atoms with van der Waals surface area (Å²) in [5.41, 5.74) is 0. The number of rotatable bonds is 6. The van der Waals surface area contributed by atoms with Crippen LogP contribution in [0, 0.1) is 0 Å². The molecular weight excluding hydrogens is 344 g/mol. The van der Waals surface area contributed by atoms with Gasteiger partial charge in [-0.3, -0.25) is 4.68 Å². The average Bonchev–Trinajstić information content (AvgIpc) is 3.38. The molecule has 142 valence electrons. The van der Waals surface area contributed by atoms with Crippen LogP contribution < -0.4 is 9.64 Å². The molecule has 1 fully saturated rings. The molecule has 0 amide bonds. The second kappa shape index (κ2) is 7.73. The van der Waals surface area contributed by atoms with E-state index in [9.17, 15) is 0 Å². The fourth-order valence-corrected chi connectivity index (χ4v) is 3.63. The zero-order valence-electron chi connectivity index (χ0n) is 15.7. The highest BCUT2D eigenvalue weighted by Crippen LogP contribution is 2.30. The van der Waals surface area contributed by atoms with Crippen LogP contribution in [0.4, 0.5) is 5.82 Å². The molecule has 9 heteroatoms. The molecule has 1 aliphatic rings. The number of aromatic nitrogens is 7. The predicted molar refractivity (Wildman–Crippen MR) is 99.8 cm³/mol. The summed E-state index contributed by atoms with van der Waals surface area (Å²) in [4.78, 5) is 10.7. The third kappa shape index (κ3) is 3.62. The summed E-state index contributed by atoms with van der Waals surface area (Å²) in [6.45, 7) is 5.50. The zero-order chi connectivity index (χ0) is 18.6. The minimum Gasteiger partial charge on any atom is -0.481 e. The Bertz CT molecular complexity index is 867. The summed E-state index contributed by atoms with van der Waals surface area (Å²) < 4.78 is 9.32. The molecule has 0 aromatic carbocycles. The molecule has 3 aromatic heterocycles. The first-order chi connectivity index (χ1) is 13.3. The number of anilines is 1. The predicted octanol–water partition coefficient (Wildman–Crippen LogP) is 1.73.